The number of ether oxygens (including phenoxy) is 3. The Kier molecular flexibility index (Phi) is 8.77. The van der Waals surface area contributed by atoms with Crippen LogP contribution in [0.4, 0.5) is 10.3 Å². The third-order valence-corrected chi connectivity index (χ3v) is 11.7. The number of nitrogen functional groups attached to an aromatic ring is 1. The maximum absolute atomic E-state index is 17.2. The van der Waals surface area contributed by atoms with Gasteiger partial charge >= 0.3 is 0 Å². The average Bonchev–Trinajstić information content (AvgIpc) is 3.65. The van der Waals surface area contributed by atoms with Gasteiger partial charge in [0.1, 0.15) is 20.1 Å². The van der Waals surface area contributed by atoms with Gasteiger partial charge in [0.05, 0.1) is 31.7 Å². The molecule has 1 saturated heterocycles. The van der Waals surface area contributed by atoms with E-state index in [0.29, 0.717) is 11.3 Å². The Bertz CT molecular complexity index is 2030. The number of terminal acetylenes is 1. The number of para-hydroxylation sites is 1. The molecule has 0 amide bonds. The highest BCUT2D eigenvalue weighted by Gasteiger charge is 2.64. The van der Waals surface area contributed by atoms with Crippen LogP contribution in [0, 0.1) is 12.3 Å². The summed E-state index contributed by atoms with van der Waals surface area (Å²) < 4.78 is 38.7. The molecular formula is C38H42FN5O4Si. The first kappa shape index (κ1) is 34.1. The number of imidazole rings is 1. The Morgan fingerprint density at radius 1 is 1.04 bits per heavy atom. The topological polar surface area (TPSA) is 106 Å². The Morgan fingerprint density at radius 3 is 2.18 bits per heavy atom. The molecule has 6 rings (SSSR count). The van der Waals surface area contributed by atoms with E-state index >= 15 is 9.18 Å². The van der Waals surface area contributed by atoms with Crippen molar-refractivity contribution in [2.45, 2.75) is 68.5 Å². The van der Waals surface area contributed by atoms with E-state index in [1.165, 1.54) is 15.5 Å². The zero-order chi connectivity index (χ0) is 35.2. The molecule has 3 aromatic carbocycles. The first-order chi connectivity index (χ1) is 23.3. The van der Waals surface area contributed by atoms with Gasteiger partial charge in [-0.15, -0.1) is 6.42 Å². The minimum Gasteiger partial charge on any atom is -0.496 e. The summed E-state index contributed by atoms with van der Waals surface area (Å²) in [5.41, 5.74) is 4.57. The minimum absolute atomic E-state index is 0.00766. The maximum Gasteiger partial charge on any atom is 0.284 e. The molecule has 2 aromatic heterocycles. The number of fused-ring (bicyclic) bond motifs is 1. The molecule has 2 N–H and O–H groups in total. The van der Waals surface area contributed by atoms with Crippen LogP contribution in [0.2, 0.25) is 13.1 Å². The number of halogens is 1. The number of hydrogen-bond donors (Lipinski definition) is 1. The van der Waals surface area contributed by atoms with E-state index < -0.39 is 42.6 Å². The fraction of sp³-hybridized carbons (Fsp3) is 0.342. The Labute approximate surface area is 287 Å². The summed E-state index contributed by atoms with van der Waals surface area (Å²) in [7, 11) is -0.638. The number of nitrogens with zero attached hydrogens (tertiary/aromatic N) is 4. The first-order valence-electron chi connectivity index (χ1n) is 16.3. The predicted molar refractivity (Wildman–Crippen MR) is 192 cm³/mol. The second-order valence-electron chi connectivity index (χ2n) is 13.7. The highest BCUT2D eigenvalue weighted by molar-refractivity contribution is 6.58. The van der Waals surface area contributed by atoms with Gasteiger partial charge in [0, 0.05) is 12.0 Å². The molecule has 9 nitrogen and oxygen atoms in total. The van der Waals surface area contributed by atoms with Crippen LogP contribution in [-0.4, -0.2) is 59.0 Å². The molecule has 0 radical (unpaired) electrons. The Balaban J connectivity index is 1.66. The van der Waals surface area contributed by atoms with Gasteiger partial charge in [0.15, 0.2) is 16.5 Å². The van der Waals surface area contributed by atoms with Crippen molar-refractivity contribution in [3.8, 4) is 18.1 Å². The second-order valence-corrected chi connectivity index (χ2v) is 16.8. The number of hydrogen-bond acceptors (Lipinski definition) is 7. The molecule has 3 atom stereocenters. The molecule has 1 aliphatic heterocycles. The Morgan fingerprint density at radius 2 is 1.63 bits per heavy atom. The third-order valence-electron chi connectivity index (χ3n) is 9.31. The second kappa shape index (κ2) is 12.6. The number of alkyl halides is 1. The van der Waals surface area contributed by atoms with Crippen molar-refractivity contribution in [3.05, 3.63) is 118 Å². The summed E-state index contributed by atoms with van der Waals surface area (Å²) in [5.74, 6) is 2.84. The van der Waals surface area contributed by atoms with Gasteiger partial charge in [-0.1, -0.05) is 97.9 Å². The lowest BCUT2D eigenvalue weighted by Gasteiger charge is -2.41. The summed E-state index contributed by atoms with van der Waals surface area (Å²) in [6.07, 6.45) is 6.64. The molecule has 3 heterocycles. The lowest BCUT2D eigenvalue weighted by molar-refractivity contribution is -0.115. The average molecular weight is 680 g/mol. The van der Waals surface area contributed by atoms with Gasteiger partial charge in [0.25, 0.3) is 5.56 Å². The zero-order valence-corrected chi connectivity index (χ0v) is 29.8. The molecule has 0 aliphatic carbocycles. The van der Waals surface area contributed by atoms with Crippen LogP contribution in [0.3, 0.4) is 0 Å². The van der Waals surface area contributed by atoms with E-state index in [2.05, 4.69) is 10.9 Å². The highest BCUT2D eigenvalue weighted by Crippen LogP contribution is 2.50. The summed E-state index contributed by atoms with van der Waals surface area (Å²) in [5, 5.41) is -1.63. The molecule has 0 bridgehead atoms. The quantitative estimate of drug-likeness (QED) is 0.122. The van der Waals surface area contributed by atoms with Crippen molar-refractivity contribution in [1.29, 1.82) is 0 Å². The molecule has 0 unspecified atom stereocenters. The summed E-state index contributed by atoms with van der Waals surface area (Å²) in [6, 6.07) is 26.7. The normalized spacial score (nSPS) is 21.2. The number of methoxy groups -OCH3 is 1. The molecule has 254 valence electrons. The molecule has 11 heteroatoms. The van der Waals surface area contributed by atoms with Gasteiger partial charge in [-0.05, 0) is 38.0 Å². The van der Waals surface area contributed by atoms with Crippen molar-refractivity contribution >= 4 is 25.9 Å². The number of nitrogens with two attached hydrogens (primary N) is 1. The summed E-state index contributed by atoms with van der Waals surface area (Å²) in [4.78, 5) is 24.5. The van der Waals surface area contributed by atoms with Crippen LogP contribution in [-0.2, 0) is 20.4 Å². The fourth-order valence-corrected chi connectivity index (χ4v) is 9.59. The van der Waals surface area contributed by atoms with E-state index in [-0.39, 0.29) is 30.1 Å². The van der Waals surface area contributed by atoms with E-state index in [4.69, 9.17) is 31.4 Å². The number of anilines is 1. The van der Waals surface area contributed by atoms with Crippen molar-refractivity contribution in [2.24, 2.45) is 0 Å². The van der Waals surface area contributed by atoms with Gasteiger partial charge in [-0.3, -0.25) is 13.9 Å². The van der Waals surface area contributed by atoms with Crippen molar-refractivity contribution in [1.82, 2.24) is 19.1 Å². The summed E-state index contributed by atoms with van der Waals surface area (Å²) >= 11 is 0. The van der Waals surface area contributed by atoms with Gasteiger partial charge in [0.2, 0.25) is 11.6 Å². The van der Waals surface area contributed by atoms with E-state index in [1.54, 1.807) is 7.11 Å². The lowest BCUT2D eigenvalue weighted by atomic mass is 9.76. The lowest BCUT2D eigenvalue weighted by Crippen LogP contribution is -2.57. The molecular weight excluding hydrogens is 638 g/mol. The van der Waals surface area contributed by atoms with E-state index in [1.807, 2.05) is 119 Å². The molecule has 1 aliphatic rings. The fourth-order valence-electron chi connectivity index (χ4n) is 7.26. The van der Waals surface area contributed by atoms with Gasteiger partial charge < -0.3 is 19.9 Å². The van der Waals surface area contributed by atoms with E-state index in [9.17, 15) is 0 Å². The molecule has 1 fully saturated rings. The monoisotopic (exact) mass is 679 g/mol. The standard InChI is InChI=1S/C38H42FN5O4Si/c1-8-36(39)23-28(24-47-35(2,3)4)48-38(36,49(6)7)43-25-41-31-32(43)42-34(40)44(33(31)45)37(26-17-11-9-12-18-26,27-19-13-10-14-20-27)29-21-15-16-22-30(29)46-5/h1,9-22,25,28,49H,23-24H2,2-7H3,(H2,40,42)/t28-,36-,38+/m0/s1. The summed E-state index contributed by atoms with van der Waals surface area (Å²) in [6.45, 7) is 9.82. The number of rotatable bonds is 9. The van der Waals surface area contributed by atoms with Crippen LogP contribution < -0.4 is 16.0 Å². The smallest absolute Gasteiger partial charge is 0.284 e. The zero-order valence-electron chi connectivity index (χ0n) is 28.7. The highest BCUT2D eigenvalue weighted by atomic mass is 28.3. The van der Waals surface area contributed by atoms with Crippen LogP contribution in [0.25, 0.3) is 11.2 Å². The molecule has 49 heavy (non-hydrogen) atoms. The molecule has 0 saturated carbocycles. The number of aromatic nitrogens is 4. The largest absolute Gasteiger partial charge is 0.496 e. The van der Waals surface area contributed by atoms with Crippen molar-refractivity contribution < 1.29 is 18.6 Å². The maximum atomic E-state index is 17.2. The van der Waals surface area contributed by atoms with Gasteiger partial charge in [-0.2, -0.15) is 4.98 Å². The van der Waals surface area contributed by atoms with Crippen molar-refractivity contribution in [3.63, 3.8) is 0 Å². The van der Waals surface area contributed by atoms with E-state index in [0.717, 1.165) is 11.1 Å². The first-order valence-corrected chi connectivity index (χ1v) is 19.2. The predicted octanol–water partition coefficient (Wildman–Crippen LogP) is 5.65. The minimum atomic E-state index is -2.23. The van der Waals surface area contributed by atoms with Crippen molar-refractivity contribution in [2.75, 3.05) is 19.5 Å². The van der Waals surface area contributed by atoms with Crippen LogP contribution in [0.5, 0.6) is 5.75 Å². The van der Waals surface area contributed by atoms with Gasteiger partial charge in [-0.25, -0.2) is 9.37 Å². The Hall–Kier alpha value is -4.76. The van der Waals surface area contributed by atoms with Crippen LogP contribution >= 0.6 is 0 Å². The van der Waals surface area contributed by atoms with Crippen LogP contribution in [0.1, 0.15) is 43.9 Å². The number of benzene rings is 3. The third kappa shape index (κ3) is 5.35. The molecule has 0 spiro atoms. The SMILES string of the molecule is C#C[C@]1(F)C[C@@H](COC(C)(C)C)O[C@@]1(n1cnc2c(=O)n(C(c3ccccc3)(c3ccccc3)c3ccccc3OC)c(N)nc21)[SiH](C)C. The van der Waals surface area contributed by atoms with Crippen LogP contribution in [0.15, 0.2) is 96.1 Å². The molecule has 5 aromatic rings.